The minimum Gasteiger partial charge on any atom is -0.316 e. The van der Waals surface area contributed by atoms with Gasteiger partial charge in [-0.1, -0.05) is 0 Å². The van der Waals surface area contributed by atoms with Crippen LogP contribution in [0.3, 0.4) is 0 Å². The maximum atomic E-state index is 3.50. The second-order valence-corrected chi connectivity index (χ2v) is 4.70. The maximum absolute atomic E-state index is 3.50. The van der Waals surface area contributed by atoms with Gasteiger partial charge in [-0.3, -0.25) is 0 Å². The van der Waals surface area contributed by atoms with Crippen molar-refractivity contribution in [2.24, 2.45) is 17.3 Å². The average molecular weight is 151 g/mol. The van der Waals surface area contributed by atoms with Gasteiger partial charge >= 0.3 is 0 Å². The Labute approximate surface area is 68.6 Å². The molecule has 2 saturated carbocycles. The first-order valence-electron chi connectivity index (χ1n) is 5.12. The molecule has 0 radical (unpaired) electrons. The largest absolute Gasteiger partial charge is 0.316 e. The highest BCUT2D eigenvalue weighted by molar-refractivity contribution is 5.08. The van der Waals surface area contributed by atoms with E-state index in [2.05, 4.69) is 5.32 Å². The lowest BCUT2D eigenvalue weighted by molar-refractivity contribution is 0.289. The minimum atomic E-state index is 0.878. The summed E-state index contributed by atoms with van der Waals surface area (Å²) in [6.07, 6.45) is 7.69. The molecule has 3 rings (SSSR count). The fourth-order valence-corrected chi connectivity index (χ4v) is 3.10. The molecular weight excluding hydrogens is 134 g/mol. The number of hydrogen-bond donors (Lipinski definition) is 1. The molecule has 1 saturated heterocycles. The molecule has 0 spiro atoms. The van der Waals surface area contributed by atoms with E-state index in [1.807, 2.05) is 0 Å². The summed E-state index contributed by atoms with van der Waals surface area (Å²) >= 11 is 0. The van der Waals surface area contributed by atoms with Crippen LogP contribution in [-0.2, 0) is 0 Å². The zero-order valence-corrected chi connectivity index (χ0v) is 7.10. The Morgan fingerprint density at radius 2 is 1.82 bits per heavy atom. The Bertz CT molecular complexity index is 162. The fourth-order valence-electron chi connectivity index (χ4n) is 3.10. The topological polar surface area (TPSA) is 12.0 Å². The molecule has 0 aromatic rings. The van der Waals surface area contributed by atoms with Crippen molar-refractivity contribution in [2.45, 2.75) is 32.1 Å². The van der Waals surface area contributed by atoms with E-state index in [0.29, 0.717) is 0 Å². The van der Waals surface area contributed by atoms with Gasteiger partial charge in [-0.25, -0.2) is 0 Å². The lowest BCUT2D eigenvalue weighted by Gasteiger charge is -2.21. The predicted octanol–water partition coefficient (Wildman–Crippen LogP) is 1.79. The summed E-state index contributed by atoms with van der Waals surface area (Å²) in [6.45, 7) is 2.62. The third-order valence-corrected chi connectivity index (χ3v) is 4.09. The van der Waals surface area contributed by atoms with Crippen LogP contribution in [0.25, 0.3) is 0 Å². The van der Waals surface area contributed by atoms with Gasteiger partial charge in [0.25, 0.3) is 0 Å². The summed E-state index contributed by atoms with van der Waals surface area (Å²) in [5, 5.41) is 3.50. The molecule has 1 atom stereocenters. The average Bonchev–Trinajstić information content (AvgIpc) is 2.89. The Morgan fingerprint density at radius 1 is 1.00 bits per heavy atom. The molecule has 1 unspecified atom stereocenters. The normalized spacial score (nSPS) is 40.9. The van der Waals surface area contributed by atoms with Crippen molar-refractivity contribution in [3.63, 3.8) is 0 Å². The molecule has 1 heteroatoms. The molecule has 1 nitrogen and oxygen atoms in total. The Balaban J connectivity index is 1.75. The van der Waals surface area contributed by atoms with Crippen molar-refractivity contribution in [2.75, 3.05) is 13.1 Å². The first-order chi connectivity index (χ1) is 5.42. The quantitative estimate of drug-likeness (QED) is 0.634. The van der Waals surface area contributed by atoms with Crippen LogP contribution >= 0.6 is 0 Å². The van der Waals surface area contributed by atoms with Crippen molar-refractivity contribution < 1.29 is 0 Å². The molecule has 0 aromatic carbocycles. The minimum absolute atomic E-state index is 0.878. The van der Waals surface area contributed by atoms with Crippen molar-refractivity contribution in [3.8, 4) is 0 Å². The molecule has 11 heavy (non-hydrogen) atoms. The van der Waals surface area contributed by atoms with Crippen molar-refractivity contribution in [1.82, 2.24) is 5.32 Å². The molecule has 0 aromatic heterocycles. The third kappa shape index (κ3) is 0.868. The molecule has 3 fully saturated rings. The molecule has 2 aliphatic carbocycles. The van der Waals surface area contributed by atoms with E-state index in [1.54, 1.807) is 25.7 Å². The van der Waals surface area contributed by atoms with E-state index < -0.39 is 0 Å². The zero-order chi connectivity index (χ0) is 7.31. The molecule has 1 aliphatic heterocycles. The summed E-state index contributed by atoms with van der Waals surface area (Å²) in [5.74, 6) is 2.22. The van der Waals surface area contributed by atoms with Gasteiger partial charge in [0.1, 0.15) is 0 Å². The van der Waals surface area contributed by atoms with Crippen LogP contribution in [0.15, 0.2) is 0 Å². The lowest BCUT2D eigenvalue weighted by atomic mass is 9.84. The van der Waals surface area contributed by atoms with E-state index in [4.69, 9.17) is 0 Å². The summed E-state index contributed by atoms with van der Waals surface area (Å²) in [7, 11) is 0. The number of nitrogens with one attached hydrogen (secondary N) is 1. The summed E-state index contributed by atoms with van der Waals surface area (Å²) in [5.41, 5.74) is 0.878. The highest BCUT2D eigenvalue weighted by atomic mass is 14.9. The van der Waals surface area contributed by atoms with Gasteiger partial charge < -0.3 is 5.32 Å². The SMILES string of the molecule is C1CC(C2(C3CC3)CC2)CN1. The molecule has 1 heterocycles. The molecule has 3 aliphatic rings. The first-order valence-corrected chi connectivity index (χ1v) is 5.12. The van der Waals surface area contributed by atoms with Gasteiger partial charge in [0.05, 0.1) is 0 Å². The van der Waals surface area contributed by atoms with Crippen LogP contribution < -0.4 is 5.32 Å². The zero-order valence-electron chi connectivity index (χ0n) is 7.10. The monoisotopic (exact) mass is 151 g/mol. The van der Waals surface area contributed by atoms with E-state index >= 15 is 0 Å². The van der Waals surface area contributed by atoms with Gasteiger partial charge in [-0.2, -0.15) is 0 Å². The smallest absolute Gasteiger partial charge is 0.00146 e. The van der Waals surface area contributed by atoms with Crippen molar-refractivity contribution in [3.05, 3.63) is 0 Å². The highest BCUT2D eigenvalue weighted by Crippen LogP contribution is 2.66. The van der Waals surface area contributed by atoms with E-state index in [0.717, 1.165) is 17.3 Å². The van der Waals surface area contributed by atoms with Gasteiger partial charge in [0.15, 0.2) is 0 Å². The van der Waals surface area contributed by atoms with Crippen LogP contribution in [0.5, 0.6) is 0 Å². The number of hydrogen-bond acceptors (Lipinski definition) is 1. The van der Waals surface area contributed by atoms with E-state index in [9.17, 15) is 0 Å². The fraction of sp³-hybridized carbons (Fsp3) is 1.00. The van der Waals surface area contributed by atoms with Crippen molar-refractivity contribution in [1.29, 1.82) is 0 Å². The molecular formula is C10H17N. The number of rotatable bonds is 2. The Hall–Kier alpha value is -0.0400. The van der Waals surface area contributed by atoms with Gasteiger partial charge in [-0.05, 0) is 62.4 Å². The third-order valence-electron chi connectivity index (χ3n) is 4.09. The highest BCUT2D eigenvalue weighted by Gasteiger charge is 2.58. The molecule has 1 N–H and O–H groups in total. The predicted molar refractivity (Wildman–Crippen MR) is 45.4 cm³/mol. The molecule has 0 bridgehead atoms. The van der Waals surface area contributed by atoms with Crippen LogP contribution in [0.1, 0.15) is 32.1 Å². The standard InChI is InChI=1S/C10H17N/c1-2-8(1)10(4-5-10)9-3-6-11-7-9/h8-9,11H,1-7H2. The Morgan fingerprint density at radius 3 is 2.27 bits per heavy atom. The van der Waals surface area contributed by atoms with Crippen LogP contribution in [-0.4, -0.2) is 13.1 Å². The Kier molecular flexibility index (Phi) is 1.18. The lowest BCUT2D eigenvalue weighted by Crippen LogP contribution is -2.20. The second kappa shape index (κ2) is 2.01. The van der Waals surface area contributed by atoms with Crippen molar-refractivity contribution >= 4 is 0 Å². The molecule has 62 valence electrons. The summed E-state index contributed by atoms with van der Waals surface area (Å²) in [4.78, 5) is 0. The van der Waals surface area contributed by atoms with E-state index in [1.165, 1.54) is 19.5 Å². The van der Waals surface area contributed by atoms with Crippen LogP contribution in [0, 0.1) is 17.3 Å². The van der Waals surface area contributed by atoms with E-state index in [-0.39, 0.29) is 0 Å². The van der Waals surface area contributed by atoms with Gasteiger partial charge in [-0.15, -0.1) is 0 Å². The van der Waals surface area contributed by atoms with Gasteiger partial charge in [0.2, 0.25) is 0 Å². The first kappa shape index (κ1) is 6.47. The summed E-state index contributed by atoms with van der Waals surface area (Å²) < 4.78 is 0. The van der Waals surface area contributed by atoms with Crippen LogP contribution in [0.4, 0.5) is 0 Å². The van der Waals surface area contributed by atoms with Gasteiger partial charge in [0, 0.05) is 0 Å². The summed E-state index contributed by atoms with van der Waals surface area (Å²) in [6, 6.07) is 0. The maximum Gasteiger partial charge on any atom is -0.00146 e. The second-order valence-electron chi connectivity index (χ2n) is 4.70. The molecule has 0 amide bonds. The van der Waals surface area contributed by atoms with Crippen LogP contribution in [0.2, 0.25) is 0 Å².